The molecule has 0 radical (unpaired) electrons. The fourth-order valence-electron chi connectivity index (χ4n) is 1.49. The first-order valence-electron chi connectivity index (χ1n) is 6.12. The average Bonchev–Trinajstić information content (AvgIpc) is 3.22. The molecule has 0 unspecified atom stereocenters. The Balaban J connectivity index is 1.78. The van der Waals surface area contributed by atoms with E-state index < -0.39 is 10.0 Å². The molecule has 0 saturated heterocycles. The first-order chi connectivity index (χ1) is 9.12. The van der Waals surface area contributed by atoms with Gasteiger partial charge in [0.1, 0.15) is 10.7 Å². The second kappa shape index (κ2) is 6.29. The standard InChI is InChI=1S/C11H18N4O3S/c12-15-11-4-3-10(7-13-11)19(16,17)14-5-6-18-8-9-1-2-9/h3-4,7,9,14H,1-2,5-6,8,12H2,(H,13,15). The van der Waals surface area contributed by atoms with E-state index in [2.05, 4.69) is 15.1 Å². The van der Waals surface area contributed by atoms with Crippen LogP contribution >= 0.6 is 0 Å². The van der Waals surface area contributed by atoms with Crippen LogP contribution in [0, 0.1) is 5.92 Å². The topological polar surface area (TPSA) is 106 Å². The summed E-state index contributed by atoms with van der Waals surface area (Å²) < 4.78 is 31.6. The number of hydrazine groups is 1. The molecule has 0 amide bonds. The molecule has 8 heteroatoms. The van der Waals surface area contributed by atoms with E-state index in [4.69, 9.17) is 10.6 Å². The molecule has 0 aromatic carbocycles. The summed E-state index contributed by atoms with van der Waals surface area (Å²) in [5.74, 6) is 6.24. The predicted octanol–water partition coefficient (Wildman–Crippen LogP) is 0.0721. The summed E-state index contributed by atoms with van der Waals surface area (Å²) >= 11 is 0. The molecule has 1 saturated carbocycles. The van der Waals surface area contributed by atoms with Crippen LogP contribution in [0.5, 0.6) is 0 Å². The first-order valence-corrected chi connectivity index (χ1v) is 7.60. The zero-order valence-corrected chi connectivity index (χ0v) is 11.3. The lowest BCUT2D eigenvalue weighted by Crippen LogP contribution is -2.27. The van der Waals surface area contributed by atoms with Gasteiger partial charge in [0.2, 0.25) is 10.0 Å². The Bertz CT molecular complexity index is 499. The van der Waals surface area contributed by atoms with Crippen molar-refractivity contribution < 1.29 is 13.2 Å². The fourth-order valence-corrected chi connectivity index (χ4v) is 2.45. The molecule has 1 heterocycles. The zero-order chi connectivity index (χ0) is 13.7. The van der Waals surface area contributed by atoms with Gasteiger partial charge in [-0.2, -0.15) is 0 Å². The maximum absolute atomic E-state index is 11.9. The van der Waals surface area contributed by atoms with Crippen molar-refractivity contribution in [3.8, 4) is 0 Å². The number of pyridine rings is 1. The van der Waals surface area contributed by atoms with Gasteiger partial charge in [-0.3, -0.25) is 0 Å². The van der Waals surface area contributed by atoms with Gasteiger partial charge in [0, 0.05) is 19.3 Å². The summed E-state index contributed by atoms with van der Waals surface area (Å²) in [4.78, 5) is 3.96. The molecular formula is C11H18N4O3S. The maximum atomic E-state index is 11.9. The van der Waals surface area contributed by atoms with Crippen molar-refractivity contribution in [1.29, 1.82) is 0 Å². The maximum Gasteiger partial charge on any atom is 0.242 e. The Morgan fingerprint density at radius 2 is 2.21 bits per heavy atom. The van der Waals surface area contributed by atoms with Crippen LogP contribution in [0.25, 0.3) is 0 Å². The number of nitrogens with one attached hydrogen (secondary N) is 2. The van der Waals surface area contributed by atoms with E-state index >= 15 is 0 Å². The molecule has 1 aromatic rings. The van der Waals surface area contributed by atoms with Crippen LogP contribution in [0.2, 0.25) is 0 Å². The van der Waals surface area contributed by atoms with Crippen LogP contribution < -0.4 is 16.0 Å². The molecule has 0 spiro atoms. The van der Waals surface area contributed by atoms with Crippen molar-refractivity contribution >= 4 is 15.8 Å². The van der Waals surface area contributed by atoms with E-state index in [0.717, 1.165) is 6.61 Å². The molecule has 1 aliphatic carbocycles. The van der Waals surface area contributed by atoms with Crippen molar-refractivity contribution in [3.63, 3.8) is 0 Å². The van der Waals surface area contributed by atoms with E-state index in [9.17, 15) is 8.42 Å². The Labute approximate surface area is 112 Å². The summed E-state index contributed by atoms with van der Waals surface area (Å²) in [5, 5.41) is 0. The Morgan fingerprint density at radius 3 is 2.79 bits per heavy atom. The van der Waals surface area contributed by atoms with Crippen LogP contribution in [-0.4, -0.2) is 33.2 Å². The lowest BCUT2D eigenvalue weighted by molar-refractivity contribution is 0.129. The molecular weight excluding hydrogens is 268 g/mol. The summed E-state index contributed by atoms with van der Waals surface area (Å²) in [6.07, 6.45) is 3.69. The number of nitrogens with two attached hydrogens (primary N) is 1. The molecule has 1 fully saturated rings. The number of sulfonamides is 1. The fraction of sp³-hybridized carbons (Fsp3) is 0.545. The SMILES string of the molecule is NNc1ccc(S(=O)(=O)NCCOCC2CC2)cn1. The molecule has 0 atom stereocenters. The zero-order valence-electron chi connectivity index (χ0n) is 10.5. The number of anilines is 1. The molecule has 1 aliphatic rings. The molecule has 0 bridgehead atoms. The average molecular weight is 286 g/mol. The first kappa shape index (κ1) is 14.2. The molecule has 106 valence electrons. The van der Waals surface area contributed by atoms with Crippen LogP contribution in [0.1, 0.15) is 12.8 Å². The third-order valence-electron chi connectivity index (χ3n) is 2.78. The van der Waals surface area contributed by atoms with Gasteiger partial charge in [-0.15, -0.1) is 0 Å². The van der Waals surface area contributed by atoms with Gasteiger partial charge < -0.3 is 10.2 Å². The largest absolute Gasteiger partial charge is 0.380 e. The highest BCUT2D eigenvalue weighted by molar-refractivity contribution is 7.89. The highest BCUT2D eigenvalue weighted by atomic mass is 32.2. The minimum atomic E-state index is -3.53. The van der Waals surface area contributed by atoms with Crippen molar-refractivity contribution in [2.45, 2.75) is 17.7 Å². The molecule has 2 rings (SSSR count). The van der Waals surface area contributed by atoms with Gasteiger partial charge in [0.25, 0.3) is 0 Å². The van der Waals surface area contributed by atoms with Crippen molar-refractivity contribution in [3.05, 3.63) is 18.3 Å². The predicted molar refractivity (Wildman–Crippen MR) is 70.8 cm³/mol. The van der Waals surface area contributed by atoms with Crippen molar-refractivity contribution in [2.24, 2.45) is 11.8 Å². The van der Waals surface area contributed by atoms with Crippen LogP contribution in [-0.2, 0) is 14.8 Å². The lowest BCUT2D eigenvalue weighted by Gasteiger charge is -2.07. The number of rotatable bonds is 8. The number of aromatic nitrogens is 1. The normalized spacial score (nSPS) is 15.4. The minimum Gasteiger partial charge on any atom is -0.380 e. The van der Waals surface area contributed by atoms with Gasteiger partial charge in [0.15, 0.2) is 0 Å². The monoisotopic (exact) mass is 286 g/mol. The Morgan fingerprint density at radius 1 is 1.42 bits per heavy atom. The number of hydrogen-bond acceptors (Lipinski definition) is 6. The van der Waals surface area contributed by atoms with Crippen LogP contribution in [0.15, 0.2) is 23.2 Å². The second-order valence-electron chi connectivity index (χ2n) is 4.44. The number of nitrogens with zero attached hydrogens (tertiary/aromatic N) is 1. The van der Waals surface area contributed by atoms with E-state index in [1.165, 1.54) is 31.2 Å². The van der Waals surface area contributed by atoms with Crippen LogP contribution in [0.3, 0.4) is 0 Å². The molecule has 7 nitrogen and oxygen atoms in total. The summed E-state index contributed by atoms with van der Waals surface area (Å²) in [7, 11) is -3.53. The van der Waals surface area contributed by atoms with Crippen molar-refractivity contribution in [2.75, 3.05) is 25.2 Å². The summed E-state index contributed by atoms with van der Waals surface area (Å²) in [6.45, 7) is 1.36. The quantitative estimate of drug-likeness (QED) is 0.355. The van der Waals surface area contributed by atoms with E-state index in [-0.39, 0.29) is 11.4 Å². The summed E-state index contributed by atoms with van der Waals surface area (Å²) in [6, 6.07) is 2.94. The van der Waals surface area contributed by atoms with E-state index in [0.29, 0.717) is 18.3 Å². The summed E-state index contributed by atoms with van der Waals surface area (Å²) in [5.41, 5.74) is 2.34. The number of ether oxygens (including phenoxy) is 1. The second-order valence-corrected chi connectivity index (χ2v) is 6.21. The van der Waals surface area contributed by atoms with Gasteiger partial charge in [-0.1, -0.05) is 0 Å². The molecule has 4 N–H and O–H groups in total. The minimum absolute atomic E-state index is 0.105. The molecule has 0 aliphatic heterocycles. The van der Waals surface area contributed by atoms with Crippen LogP contribution in [0.4, 0.5) is 5.82 Å². The highest BCUT2D eigenvalue weighted by Crippen LogP contribution is 2.28. The lowest BCUT2D eigenvalue weighted by atomic mass is 10.5. The van der Waals surface area contributed by atoms with Gasteiger partial charge in [-0.05, 0) is 30.9 Å². The Hall–Kier alpha value is -1.22. The van der Waals surface area contributed by atoms with Gasteiger partial charge in [-0.25, -0.2) is 24.0 Å². The van der Waals surface area contributed by atoms with E-state index in [1.54, 1.807) is 0 Å². The van der Waals surface area contributed by atoms with E-state index in [1.807, 2.05) is 0 Å². The Kier molecular flexibility index (Phi) is 4.70. The van der Waals surface area contributed by atoms with Gasteiger partial charge in [0.05, 0.1) is 6.61 Å². The van der Waals surface area contributed by atoms with Gasteiger partial charge >= 0.3 is 0 Å². The highest BCUT2D eigenvalue weighted by Gasteiger charge is 2.21. The number of nitrogen functional groups attached to an aromatic ring is 1. The van der Waals surface area contributed by atoms with Crippen molar-refractivity contribution in [1.82, 2.24) is 9.71 Å². The third-order valence-corrected chi connectivity index (χ3v) is 4.23. The number of hydrogen-bond donors (Lipinski definition) is 3. The molecule has 1 aromatic heterocycles. The molecule has 19 heavy (non-hydrogen) atoms. The smallest absolute Gasteiger partial charge is 0.242 e. The third kappa shape index (κ3) is 4.43.